The number of anilines is 2. The number of rotatable bonds is 4. The number of benzene rings is 2. The normalized spacial score (nSPS) is 11.0. The highest BCUT2D eigenvalue weighted by atomic mass is 16.2. The van der Waals surface area contributed by atoms with Crippen LogP contribution in [-0.4, -0.2) is 21.7 Å². The van der Waals surface area contributed by atoms with Crippen LogP contribution in [0.4, 0.5) is 11.4 Å². The van der Waals surface area contributed by atoms with Gasteiger partial charge < -0.3 is 16.0 Å². The summed E-state index contributed by atoms with van der Waals surface area (Å²) in [6, 6.07) is 12.0. The number of imidazole rings is 1. The third-order valence-corrected chi connectivity index (χ3v) is 3.67. The second-order valence-corrected chi connectivity index (χ2v) is 5.91. The van der Waals surface area contributed by atoms with Crippen LogP contribution in [0.3, 0.4) is 0 Å². The van der Waals surface area contributed by atoms with E-state index in [1.165, 1.54) is 0 Å². The van der Waals surface area contributed by atoms with E-state index in [1.54, 1.807) is 42.5 Å². The van der Waals surface area contributed by atoms with Crippen molar-refractivity contribution in [3.05, 3.63) is 53.9 Å². The molecule has 0 radical (unpaired) electrons. The van der Waals surface area contributed by atoms with Crippen molar-refractivity contribution in [2.24, 2.45) is 5.92 Å². The fourth-order valence-corrected chi connectivity index (χ4v) is 2.36. The Kier molecular flexibility index (Phi) is 4.04. The first-order valence-corrected chi connectivity index (χ1v) is 7.65. The summed E-state index contributed by atoms with van der Waals surface area (Å²) in [6.45, 7) is 3.70. The van der Waals surface area contributed by atoms with E-state index in [0.717, 1.165) is 0 Å². The van der Waals surface area contributed by atoms with Gasteiger partial charge in [-0.05, 0) is 42.5 Å². The first kappa shape index (κ1) is 15.7. The van der Waals surface area contributed by atoms with Gasteiger partial charge in [0.1, 0.15) is 0 Å². The van der Waals surface area contributed by atoms with Gasteiger partial charge in [0, 0.05) is 22.9 Å². The predicted molar refractivity (Wildman–Crippen MR) is 94.1 cm³/mol. The van der Waals surface area contributed by atoms with Crippen molar-refractivity contribution in [3.8, 4) is 0 Å². The number of aromatic amines is 1. The van der Waals surface area contributed by atoms with Crippen molar-refractivity contribution in [1.82, 2.24) is 9.97 Å². The number of fused-ring (bicyclic) bond motifs is 1. The van der Waals surface area contributed by atoms with Gasteiger partial charge in [-0.15, -0.1) is 0 Å². The lowest BCUT2D eigenvalue weighted by molar-refractivity contribution is 0.0939. The molecule has 0 spiro atoms. The van der Waals surface area contributed by atoms with Crippen LogP contribution in [0.25, 0.3) is 11.0 Å². The second kappa shape index (κ2) is 6.16. The Bertz CT molecular complexity index is 910. The zero-order chi connectivity index (χ0) is 17.3. The Balaban J connectivity index is 1.85. The minimum Gasteiger partial charge on any atom is -0.399 e. The number of amides is 1. The molecule has 0 aliphatic heterocycles. The van der Waals surface area contributed by atoms with E-state index >= 15 is 0 Å². The third-order valence-electron chi connectivity index (χ3n) is 3.67. The molecule has 0 saturated carbocycles. The Hall–Kier alpha value is -3.15. The molecule has 1 aromatic heterocycles. The van der Waals surface area contributed by atoms with E-state index in [9.17, 15) is 9.59 Å². The fourth-order valence-electron chi connectivity index (χ4n) is 2.36. The summed E-state index contributed by atoms with van der Waals surface area (Å²) in [4.78, 5) is 31.6. The minimum absolute atomic E-state index is 0.0550. The van der Waals surface area contributed by atoms with E-state index in [1.807, 2.05) is 13.8 Å². The maximum absolute atomic E-state index is 12.3. The number of H-pyrrole nitrogens is 1. The van der Waals surface area contributed by atoms with Gasteiger partial charge in [0.15, 0.2) is 11.6 Å². The molecule has 0 unspecified atom stereocenters. The third kappa shape index (κ3) is 3.12. The van der Waals surface area contributed by atoms with Gasteiger partial charge >= 0.3 is 0 Å². The molecule has 122 valence electrons. The van der Waals surface area contributed by atoms with Crippen LogP contribution < -0.4 is 11.1 Å². The Morgan fingerprint density at radius 1 is 1.12 bits per heavy atom. The van der Waals surface area contributed by atoms with Crippen LogP contribution in [0, 0.1) is 5.92 Å². The number of nitrogens with one attached hydrogen (secondary N) is 2. The molecule has 6 nitrogen and oxygen atoms in total. The molecule has 0 saturated heterocycles. The lowest BCUT2D eigenvalue weighted by Gasteiger charge is -2.03. The molecule has 0 aliphatic carbocycles. The summed E-state index contributed by atoms with van der Waals surface area (Å²) in [7, 11) is 0. The molecule has 2 aromatic carbocycles. The Labute approximate surface area is 139 Å². The highest BCUT2D eigenvalue weighted by Crippen LogP contribution is 2.18. The van der Waals surface area contributed by atoms with Gasteiger partial charge in [-0.1, -0.05) is 13.8 Å². The summed E-state index contributed by atoms with van der Waals surface area (Å²) in [6.07, 6.45) is 0. The Morgan fingerprint density at radius 2 is 1.83 bits per heavy atom. The van der Waals surface area contributed by atoms with Crippen LogP contribution in [0.2, 0.25) is 0 Å². The number of aromatic nitrogens is 2. The number of nitrogens with two attached hydrogens (primary N) is 1. The van der Waals surface area contributed by atoms with Gasteiger partial charge in [-0.2, -0.15) is 0 Å². The molecule has 1 heterocycles. The maximum Gasteiger partial charge on any atom is 0.291 e. The van der Waals surface area contributed by atoms with E-state index in [-0.39, 0.29) is 23.4 Å². The lowest BCUT2D eigenvalue weighted by Crippen LogP contribution is -2.13. The van der Waals surface area contributed by atoms with E-state index in [0.29, 0.717) is 28.0 Å². The van der Waals surface area contributed by atoms with Crippen molar-refractivity contribution in [2.45, 2.75) is 13.8 Å². The zero-order valence-corrected chi connectivity index (χ0v) is 13.5. The SMILES string of the molecule is CC(C)C(=O)c1ccc2nc(C(=O)Nc3ccc(N)cc3)[nH]c2c1. The first-order valence-electron chi connectivity index (χ1n) is 7.65. The first-order chi connectivity index (χ1) is 11.4. The number of ketones is 1. The van der Waals surface area contributed by atoms with Crippen LogP contribution >= 0.6 is 0 Å². The molecule has 0 atom stereocenters. The standard InChI is InChI=1S/C18H18N4O2/c1-10(2)16(23)11-3-8-14-15(9-11)22-17(21-14)18(24)20-13-6-4-12(19)5-7-13/h3-10H,19H2,1-2H3,(H,20,24)(H,21,22). The van der Waals surface area contributed by atoms with Gasteiger partial charge in [0.2, 0.25) is 0 Å². The smallest absolute Gasteiger partial charge is 0.291 e. The molecule has 6 heteroatoms. The number of carbonyl (C=O) groups excluding carboxylic acids is 2. The van der Waals surface area contributed by atoms with Gasteiger partial charge in [0.25, 0.3) is 5.91 Å². The summed E-state index contributed by atoms with van der Waals surface area (Å²) in [5, 5.41) is 2.75. The molecule has 3 rings (SSSR count). The van der Waals surface area contributed by atoms with Crippen molar-refractivity contribution >= 4 is 34.1 Å². The number of hydrogen-bond donors (Lipinski definition) is 3. The molecule has 24 heavy (non-hydrogen) atoms. The van der Waals surface area contributed by atoms with Crippen LogP contribution in [0.1, 0.15) is 34.8 Å². The Morgan fingerprint density at radius 3 is 2.50 bits per heavy atom. The molecule has 0 bridgehead atoms. The van der Waals surface area contributed by atoms with E-state index in [4.69, 9.17) is 5.73 Å². The summed E-state index contributed by atoms with van der Waals surface area (Å²) in [5.41, 5.74) is 8.77. The van der Waals surface area contributed by atoms with Gasteiger partial charge in [-0.3, -0.25) is 9.59 Å². The number of nitrogen functional groups attached to an aromatic ring is 1. The highest BCUT2D eigenvalue weighted by molar-refractivity contribution is 6.04. The second-order valence-electron chi connectivity index (χ2n) is 5.91. The predicted octanol–water partition coefficient (Wildman–Crippen LogP) is 3.24. The van der Waals surface area contributed by atoms with Crippen LogP contribution in [-0.2, 0) is 0 Å². The largest absolute Gasteiger partial charge is 0.399 e. The van der Waals surface area contributed by atoms with Crippen molar-refractivity contribution in [3.63, 3.8) is 0 Å². The number of hydrogen-bond acceptors (Lipinski definition) is 4. The van der Waals surface area contributed by atoms with Gasteiger partial charge in [0.05, 0.1) is 11.0 Å². The number of Topliss-reactive ketones (excluding diaryl/α,β-unsaturated/α-hetero) is 1. The monoisotopic (exact) mass is 322 g/mol. The molecule has 0 aliphatic rings. The molecule has 0 fully saturated rings. The quantitative estimate of drug-likeness (QED) is 0.507. The van der Waals surface area contributed by atoms with Crippen molar-refractivity contribution in [2.75, 3.05) is 11.1 Å². The van der Waals surface area contributed by atoms with E-state index < -0.39 is 0 Å². The molecular formula is C18H18N4O2. The molecule has 3 aromatic rings. The average Bonchev–Trinajstić information content (AvgIpc) is 2.99. The average molecular weight is 322 g/mol. The zero-order valence-electron chi connectivity index (χ0n) is 13.5. The van der Waals surface area contributed by atoms with Crippen LogP contribution in [0.5, 0.6) is 0 Å². The highest BCUT2D eigenvalue weighted by Gasteiger charge is 2.15. The fraction of sp³-hybridized carbons (Fsp3) is 0.167. The minimum atomic E-state index is -0.354. The van der Waals surface area contributed by atoms with E-state index in [2.05, 4.69) is 15.3 Å². The number of nitrogens with zero attached hydrogens (tertiary/aromatic N) is 1. The van der Waals surface area contributed by atoms with Crippen LogP contribution in [0.15, 0.2) is 42.5 Å². The maximum atomic E-state index is 12.3. The molecule has 4 N–H and O–H groups in total. The lowest BCUT2D eigenvalue weighted by atomic mass is 10.0. The number of carbonyl (C=O) groups is 2. The molecular weight excluding hydrogens is 304 g/mol. The molecule has 1 amide bonds. The van der Waals surface area contributed by atoms with Gasteiger partial charge in [-0.25, -0.2) is 4.98 Å². The topological polar surface area (TPSA) is 101 Å². The summed E-state index contributed by atoms with van der Waals surface area (Å²) in [5.74, 6) is -0.193. The summed E-state index contributed by atoms with van der Waals surface area (Å²) >= 11 is 0. The summed E-state index contributed by atoms with van der Waals surface area (Å²) < 4.78 is 0. The van der Waals surface area contributed by atoms with Crippen molar-refractivity contribution < 1.29 is 9.59 Å². The van der Waals surface area contributed by atoms with Crippen molar-refractivity contribution in [1.29, 1.82) is 0 Å².